The van der Waals surface area contributed by atoms with Crippen LogP contribution in [0.15, 0.2) is 12.2 Å². The quantitative estimate of drug-likeness (QED) is 0.0490. The van der Waals surface area contributed by atoms with E-state index in [1.807, 2.05) is 6.92 Å². The number of hydrogen-bond donors (Lipinski definition) is 2. The molecule has 0 aromatic rings. The highest BCUT2D eigenvalue weighted by molar-refractivity contribution is 5.96. The fourth-order valence-electron chi connectivity index (χ4n) is 12.6. The molecule has 0 amide bonds. The molecule has 0 spiro atoms. The zero-order chi connectivity index (χ0) is 42.4. The number of carboxylic acids is 2. The minimum absolute atomic E-state index is 0.0231. The molecular formula is C47H72O11. The Kier molecular flexibility index (Phi) is 15.8. The lowest BCUT2D eigenvalue weighted by atomic mass is 9.41. The van der Waals surface area contributed by atoms with Crippen LogP contribution in [0.2, 0.25) is 0 Å². The summed E-state index contributed by atoms with van der Waals surface area (Å²) >= 11 is 0. The van der Waals surface area contributed by atoms with Crippen LogP contribution < -0.4 is 0 Å². The number of carbonyl (C=O) groups is 6. The summed E-state index contributed by atoms with van der Waals surface area (Å²) in [5.41, 5.74) is -1.13. The summed E-state index contributed by atoms with van der Waals surface area (Å²) in [7, 11) is 0. The fraction of sp³-hybridized carbons (Fsp3) is 0.830. The van der Waals surface area contributed by atoms with Gasteiger partial charge in [-0.25, -0.2) is 0 Å². The summed E-state index contributed by atoms with van der Waals surface area (Å²) < 4.78 is 17.9. The lowest BCUT2D eigenvalue weighted by molar-refractivity contribution is -0.212. The number of fused-ring (bicyclic) bond motifs is 3. The van der Waals surface area contributed by atoms with Crippen molar-refractivity contribution in [2.24, 2.45) is 70.0 Å². The van der Waals surface area contributed by atoms with Gasteiger partial charge in [0.25, 0.3) is 0 Å². The van der Waals surface area contributed by atoms with Crippen molar-refractivity contribution in [2.45, 2.75) is 176 Å². The Balaban J connectivity index is 1.49. The zero-order valence-electron chi connectivity index (χ0n) is 36.1. The van der Waals surface area contributed by atoms with Crippen LogP contribution in [0.4, 0.5) is 0 Å². The van der Waals surface area contributed by atoms with Crippen LogP contribution >= 0.6 is 0 Å². The Morgan fingerprint density at radius 3 is 2.22 bits per heavy atom. The van der Waals surface area contributed by atoms with Crippen molar-refractivity contribution in [1.82, 2.24) is 0 Å². The minimum Gasteiger partial charge on any atom is -0.481 e. The Hall–Kier alpha value is -3.08. The Morgan fingerprint density at radius 2 is 1.60 bits per heavy atom. The number of carboxylic acid groups (broad SMARTS) is 2. The molecule has 5 rings (SSSR count). The second-order valence-electron chi connectivity index (χ2n) is 19.6. The average molecular weight is 813 g/mol. The van der Waals surface area contributed by atoms with Crippen molar-refractivity contribution >= 4 is 35.8 Å². The largest absolute Gasteiger partial charge is 0.481 e. The van der Waals surface area contributed by atoms with Gasteiger partial charge >= 0.3 is 35.8 Å². The van der Waals surface area contributed by atoms with E-state index in [0.717, 1.165) is 83.5 Å². The number of aliphatic carboxylic acids is 2. The molecule has 3 saturated carbocycles. The van der Waals surface area contributed by atoms with E-state index in [1.165, 1.54) is 0 Å². The van der Waals surface area contributed by atoms with E-state index in [1.54, 1.807) is 6.92 Å². The highest BCUT2D eigenvalue weighted by Gasteiger charge is 2.64. The van der Waals surface area contributed by atoms with Crippen molar-refractivity contribution in [2.75, 3.05) is 0 Å². The Bertz CT molecular complexity index is 1520. The maximum atomic E-state index is 13.6. The first-order valence-corrected chi connectivity index (χ1v) is 22.8. The molecule has 0 bridgehead atoms. The summed E-state index contributed by atoms with van der Waals surface area (Å²) in [6.45, 7) is 12.5. The Labute approximate surface area is 346 Å². The van der Waals surface area contributed by atoms with Gasteiger partial charge in [-0.15, -0.1) is 0 Å². The van der Waals surface area contributed by atoms with Gasteiger partial charge in [0, 0.05) is 6.42 Å². The van der Waals surface area contributed by atoms with Gasteiger partial charge in [0.05, 0.1) is 41.8 Å². The third kappa shape index (κ3) is 10.1. The van der Waals surface area contributed by atoms with E-state index >= 15 is 0 Å². The number of carbonyl (C=O) groups excluding carboxylic acids is 4. The second kappa shape index (κ2) is 20.0. The molecule has 11 nitrogen and oxygen atoms in total. The molecule has 13 unspecified atom stereocenters. The van der Waals surface area contributed by atoms with Gasteiger partial charge in [0.2, 0.25) is 0 Å². The molecule has 0 aromatic carbocycles. The first kappa shape index (κ1) is 46.0. The van der Waals surface area contributed by atoms with E-state index in [0.29, 0.717) is 25.7 Å². The number of unbranched alkanes of at least 4 members (excludes halogenated alkanes) is 6. The molecule has 3 aliphatic carbocycles. The van der Waals surface area contributed by atoms with Gasteiger partial charge in [0.15, 0.2) is 0 Å². The summed E-state index contributed by atoms with van der Waals surface area (Å²) in [5, 5.41) is 19.7. The standard InChI is InChI=1S/C47H72O11/c1-7-8-9-13-17-30(33-27-38(50)57-43(33)52)20-21-31(18-14-11-10-12-15-19-37(48)49)56-41-32-22-23-36-46(5,24-16-25-47(36,6)45(54)55)35(32)26-34(39(41)28(2)3)40-29(4)42(51)58-44(40)53/h13,17,28-36,39-41H,7-12,14-16,18-27H2,1-6H3,(H,48,49)(H,54,55)/b17-13+. The molecule has 2 aliphatic heterocycles. The van der Waals surface area contributed by atoms with Crippen molar-refractivity contribution in [1.29, 1.82) is 0 Å². The monoisotopic (exact) mass is 813 g/mol. The molecule has 2 N–H and O–H groups in total. The third-order valence-corrected chi connectivity index (χ3v) is 15.7. The highest BCUT2D eigenvalue weighted by Crippen LogP contribution is 2.66. The number of rotatable bonds is 21. The molecule has 2 heterocycles. The molecule has 5 aliphatic rings. The molecule has 58 heavy (non-hydrogen) atoms. The van der Waals surface area contributed by atoms with Gasteiger partial charge < -0.3 is 24.4 Å². The molecule has 5 fully saturated rings. The van der Waals surface area contributed by atoms with Crippen LogP contribution in [0.25, 0.3) is 0 Å². The number of hydrogen-bond acceptors (Lipinski definition) is 9. The Morgan fingerprint density at radius 1 is 0.879 bits per heavy atom. The van der Waals surface area contributed by atoms with Crippen LogP contribution in [-0.4, -0.2) is 58.2 Å². The lowest BCUT2D eigenvalue weighted by Crippen LogP contribution is -2.61. The maximum Gasteiger partial charge on any atom is 0.317 e. The van der Waals surface area contributed by atoms with Crippen LogP contribution in [0, 0.1) is 70.0 Å². The van der Waals surface area contributed by atoms with Crippen LogP contribution in [0.5, 0.6) is 0 Å². The molecular weight excluding hydrogens is 741 g/mol. The third-order valence-electron chi connectivity index (χ3n) is 15.7. The molecule has 0 radical (unpaired) electrons. The number of ether oxygens (including phenoxy) is 3. The molecule has 0 aromatic heterocycles. The van der Waals surface area contributed by atoms with E-state index < -0.39 is 59.0 Å². The number of esters is 4. The fourth-order valence-corrected chi connectivity index (χ4v) is 12.6. The van der Waals surface area contributed by atoms with Gasteiger partial charge in [-0.2, -0.15) is 0 Å². The minimum atomic E-state index is -0.844. The summed E-state index contributed by atoms with van der Waals surface area (Å²) in [4.78, 5) is 75.8. The topological polar surface area (TPSA) is 171 Å². The highest BCUT2D eigenvalue weighted by atomic mass is 16.6. The van der Waals surface area contributed by atoms with Crippen LogP contribution in [-0.2, 0) is 43.0 Å². The predicted octanol–water partition coefficient (Wildman–Crippen LogP) is 9.34. The first-order valence-electron chi connectivity index (χ1n) is 22.8. The predicted molar refractivity (Wildman–Crippen MR) is 217 cm³/mol. The lowest BCUT2D eigenvalue weighted by Gasteiger charge is -2.64. The average Bonchev–Trinajstić information content (AvgIpc) is 3.63. The zero-order valence-corrected chi connectivity index (χ0v) is 36.1. The number of cyclic esters (lactones) is 4. The van der Waals surface area contributed by atoms with Gasteiger partial charge in [-0.1, -0.05) is 91.7 Å². The van der Waals surface area contributed by atoms with E-state index in [9.17, 15) is 33.9 Å². The van der Waals surface area contributed by atoms with Gasteiger partial charge in [-0.05, 0) is 118 Å². The SMILES string of the molecule is CCCC/C=C/C(CCC(CCCCCCCC(=O)O)OC1C2CCC3C(C)(C(=O)O)CCCC3(C)C2CC(C2C(=O)OC(=O)C2C)C1C(C)C)C1CC(=O)OC1=O. The first-order chi connectivity index (χ1) is 27.5. The van der Waals surface area contributed by atoms with E-state index in [2.05, 4.69) is 39.8 Å². The summed E-state index contributed by atoms with van der Waals surface area (Å²) in [6.07, 6.45) is 17.9. The van der Waals surface area contributed by atoms with Crippen molar-refractivity contribution in [3.8, 4) is 0 Å². The molecule has 13 atom stereocenters. The van der Waals surface area contributed by atoms with Crippen molar-refractivity contribution < 1.29 is 53.2 Å². The summed E-state index contributed by atoms with van der Waals surface area (Å²) in [6, 6.07) is 0. The van der Waals surface area contributed by atoms with Gasteiger partial charge in [-0.3, -0.25) is 28.8 Å². The van der Waals surface area contributed by atoms with Crippen molar-refractivity contribution in [3.05, 3.63) is 12.2 Å². The summed E-state index contributed by atoms with van der Waals surface area (Å²) in [5.74, 6) is -5.22. The maximum absolute atomic E-state index is 13.6. The van der Waals surface area contributed by atoms with E-state index in [4.69, 9.17) is 19.3 Å². The normalized spacial score (nSPS) is 36.1. The van der Waals surface area contributed by atoms with Crippen LogP contribution in [0.1, 0.15) is 164 Å². The van der Waals surface area contributed by atoms with Crippen molar-refractivity contribution in [3.63, 3.8) is 0 Å². The number of allylic oxidation sites excluding steroid dienone is 2. The molecule has 11 heteroatoms. The van der Waals surface area contributed by atoms with Gasteiger partial charge in [0.1, 0.15) is 0 Å². The molecule has 326 valence electrons. The van der Waals surface area contributed by atoms with Crippen LogP contribution in [0.3, 0.4) is 0 Å². The second-order valence-corrected chi connectivity index (χ2v) is 19.6. The van der Waals surface area contributed by atoms with E-state index in [-0.39, 0.29) is 71.9 Å². The molecule has 2 saturated heterocycles. The smallest absolute Gasteiger partial charge is 0.317 e.